The van der Waals surface area contributed by atoms with Crippen molar-refractivity contribution in [3.05, 3.63) is 35.9 Å². The lowest BCUT2D eigenvalue weighted by molar-refractivity contribution is -0.272. The molecular weight excluding hydrogens is 207 g/mol. The van der Waals surface area contributed by atoms with Crippen molar-refractivity contribution in [3.63, 3.8) is 0 Å². The molecule has 1 aromatic rings. The molecule has 1 rings (SSSR count). The van der Waals surface area contributed by atoms with E-state index in [0.29, 0.717) is 0 Å². The predicted octanol–water partition coefficient (Wildman–Crippen LogP) is 2.05. The number of benzene rings is 1. The summed E-state index contributed by atoms with van der Waals surface area (Å²) in [6, 6.07) is 7.37. The molecule has 0 saturated heterocycles. The second kappa shape index (κ2) is 4.20. The second-order valence-electron chi connectivity index (χ2n) is 3.10. The topological polar surface area (TPSA) is 35.2 Å². The molecule has 1 aromatic carbocycles. The van der Waals surface area contributed by atoms with Crippen LogP contribution < -0.4 is 5.73 Å². The number of alkyl halides is 3. The van der Waals surface area contributed by atoms with Gasteiger partial charge < -0.3 is 10.5 Å². The molecule has 2 nitrogen and oxygen atoms in total. The van der Waals surface area contributed by atoms with E-state index in [1.165, 1.54) is 24.3 Å². The zero-order chi connectivity index (χ0) is 11.5. The fourth-order valence-electron chi connectivity index (χ4n) is 1.42. The van der Waals surface area contributed by atoms with Crippen LogP contribution in [0.2, 0.25) is 0 Å². The summed E-state index contributed by atoms with van der Waals surface area (Å²) in [5, 5.41) is 0. The van der Waals surface area contributed by atoms with Gasteiger partial charge in [-0.25, -0.2) is 0 Å². The number of ether oxygens (including phenoxy) is 1. The molecular formula is C10H12F3NO. The van der Waals surface area contributed by atoms with E-state index in [4.69, 9.17) is 5.73 Å². The van der Waals surface area contributed by atoms with Gasteiger partial charge in [0.05, 0.1) is 0 Å². The summed E-state index contributed by atoms with van der Waals surface area (Å²) in [4.78, 5) is 0. The molecule has 0 saturated carbocycles. The first-order valence-electron chi connectivity index (χ1n) is 4.35. The lowest BCUT2D eigenvalue weighted by atomic mass is 9.93. The lowest BCUT2D eigenvalue weighted by Crippen LogP contribution is -2.49. The fourth-order valence-corrected chi connectivity index (χ4v) is 1.42. The number of nitrogens with two attached hydrogens (primary N) is 1. The zero-order valence-electron chi connectivity index (χ0n) is 8.21. The summed E-state index contributed by atoms with van der Waals surface area (Å²) in [5.41, 5.74) is 2.80. The van der Waals surface area contributed by atoms with E-state index >= 15 is 0 Å². The number of halogens is 3. The minimum Gasteiger partial charge on any atom is -0.363 e. The van der Waals surface area contributed by atoms with Crippen molar-refractivity contribution in [1.29, 1.82) is 0 Å². The maximum atomic E-state index is 12.9. The van der Waals surface area contributed by atoms with Crippen LogP contribution in [0.5, 0.6) is 0 Å². The third kappa shape index (κ3) is 1.98. The average molecular weight is 219 g/mol. The maximum absolute atomic E-state index is 12.9. The normalized spacial score (nSPS) is 16.1. The van der Waals surface area contributed by atoms with Crippen molar-refractivity contribution in [2.45, 2.75) is 11.8 Å². The molecule has 0 radical (unpaired) electrons. The van der Waals surface area contributed by atoms with Crippen LogP contribution >= 0.6 is 0 Å². The van der Waals surface area contributed by atoms with Crippen LogP contribution in [0.1, 0.15) is 5.56 Å². The SMILES string of the molecule is COC(CN)(c1ccccc1)C(F)(F)F. The smallest absolute Gasteiger partial charge is 0.363 e. The van der Waals surface area contributed by atoms with Crippen molar-refractivity contribution in [2.24, 2.45) is 5.73 Å². The van der Waals surface area contributed by atoms with Gasteiger partial charge in [-0.3, -0.25) is 0 Å². The third-order valence-corrected chi connectivity index (χ3v) is 2.33. The van der Waals surface area contributed by atoms with Crippen LogP contribution in [0.25, 0.3) is 0 Å². The molecule has 0 amide bonds. The van der Waals surface area contributed by atoms with E-state index in [9.17, 15) is 13.2 Å². The van der Waals surface area contributed by atoms with Gasteiger partial charge in [0.1, 0.15) is 0 Å². The van der Waals surface area contributed by atoms with Crippen LogP contribution in [0, 0.1) is 0 Å². The van der Waals surface area contributed by atoms with Crippen LogP contribution in [0.4, 0.5) is 13.2 Å². The highest BCUT2D eigenvalue weighted by Crippen LogP contribution is 2.40. The molecule has 0 aliphatic heterocycles. The van der Waals surface area contributed by atoms with Crippen molar-refractivity contribution in [2.75, 3.05) is 13.7 Å². The largest absolute Gasteiger partial charge is 0.422 e. The molecule has 2 N–H and O–H groups in total. The van der Waals surface area contributed by atoms with E-state index in [1.54, 1.807) is 6.07 Å². The Morgan fingerprint density at radius 3 is 2.07 bits per heavy atom. The van der Waals surface area contributed by atoms with Crippen LogP contribution in [-0.4, -0.2) is 19.8 Å². The molecule has 15 heavy (non-hydrogen) atoms. The Balaban J connectivity index is 3.24. The lowest BCUT2D eigenvalue weighted by Gasteiger charge is -2.33. The molecule has 0 aliphatic carbocycles. The Morgan fingerprint density at radius 2 is 1.73 bits per heavy atom. The van der Waals surface area contributed by atoms with Gasteiger partial charge in [0.2, 0.25) is 5.60 Å². The summed E-state index contributed by atoms with van der Waals surface area (Å²) in [6.07, 6.45) is -4.53. The van der Waals surface area contributed by atoms with Gasteiger partial charge in [-0.1, -0.05) is 30.3 Å². The van der Waals surface area contributed by atoms with Crippen molar-refractivity contribution in [1.82, 2.24) is 0 Å². The third-order valence-electron chi connectivity index (χ3n) is 2.33. The Labute approximate surface area is 85.8 Å². The summed E-state index contributed by atoms with van der Waals surface area (Å²) < 4.78 is 43.2. The molecule has 1 unspecified atom stereocenters. The second-order valence-corrected chi connectivity index (χ2v) is 3.10. The van der Waals surface area contributed by atoms with Gasteiger partial charge in [-0.05, 0) is 5.56 Å². The molecule has 0 bridgehead atoms. The van der Waals surface area contributed by atoms with E-state index in [-0.39, 0.29) is 5.56 Å². The van der Waals surface area contributed by atoms with E-state index in [2.05, 4.69) is 4.74 Å². The van der Waals surface area contributed by atoms with Gasteiger partial charge in [0, 0.05) is 13.7 Å². The quantitative estimate of drug-likeness (QED) is 0.844. The number of methoxy groups -OCH3 is 1. The molecule has 5 heteroatoms. The monoisotopic (exact) mass is 219 g/mol. The predicted molar refractivity (Wildman–Crippen MR) is 50.2 cm³/mol. The van der Waals surface area contributed by atoms with E-state index in [0.717, 1.165) is 7.11 Å². The Morgan fingerprint density at radius 1 is 1.20 bits per heavy atom. The molecule has 0 spiro atoms. The van der Waals surface area contributed by atoms with Crippen molar-refractivity contribution in [3.8, 4) is 0 Å². The van der Waals surface area contributed by atoms with E-state index in [1.807, 2.05) is 0 Å². The summed E-state index contributed by atoms with van der Waals surface area (Å²) >= 11 is 0. The van der Waals surface area contributed by atoms with Crippen molar-refractivity contribution < 1.29 is 17.9 Å². The summed E-state index contributed by atoms with van der Waals surface area (Å²) in [6.45, 7) is -0.642. The van der Waals surface area contributed by atoms with Gasteiger partial charge in [0.25, 0.3) is 0 Å². The van der Waals surface area contributed by atoms with Crippen LogP contribution in [0.15, 0.2) is 30.3 Å². The fraction of sp³-hybridized carbons (Fsp3) is 0.400. The first-order valence-corrected chi connectivity index (χ1v) is 4.35. The standard InChI is InChI=1S/C10H12F3NO/c1-15-9(7-14,10(11,12)13)8-5-3-2-4-6-8/h2-6H,7,14H2,1H3. The zero-order valence-corrected chi connectivity index (χ0v) is 8.21. The number of hydrogen-bond acceptors (Lipinski definition) is 2. The maximum Gasteiger partial charge on any atom is 0.422 e. The number of rotatable bonds is 3. The first-order chi connectivity index (χ1) is 6.98. The molecule has 84 valence electrons. The molecule has 0 heterocycles. The highest BCUT2D eigenvalue weighted by atomic mass is 19.4. The Hall–Kier alpha value is -1.07. The molecule has 0 fully saturated rings. The first kappa shape index (κ1) is 12.0. The van der Waals surface area contributed by atoms with Gasteiger partial charge in [-0.2, -0.15) is 13.2 Å². The Kier molecular flexibility index (Phi) is 3.36. The Bertz CT molecular complexity index is 306. The highest BCUT2D eigenvalue weighted by Gasteiger charge is 2.55. The van der Waals surface area contributed by atoms with Crippen molar-refractivity contribution >= 4 is 0 Å². The minimum atomic E-state index is -4.53. The van der Waals surface area contributed by atoms with Gasteiger partial charge in [-0.15, -0.1) is 0 Å². The molecule has 0 aromatic heterocycles. The summed E-state index contributed by atoms with van der Waals surface area (Å²) in [5.74, 6) is 0. The van der Waals surface area contributed by atoms with E-state index < -0.39 is 18.3 Å². The molecule has 0 aliphatic rings. The average Bonchev–Trinajstić information content (AvgIpc) is 2.20. The van der Waals surface area contributed by atoms with Crippen LogP contribution in [0.3, 0.4) is 0 Å². The van der Waals surface area contributed by atoms with Gasteiger partial charge >= 0.3 is 6.18 Å². The van der Waals surface area contributed by atoms with Gasteiger partial charge in [0.15, 0.2) is 0 Å². The number of hydrogen-bond donors (Lipinski definition) is 1. The molecule has 1 atom stereocenters. The summed E-state index contributed by atoms with van der Waals surface area (Å²) in [7, 11) is 1.01. The highest BCUT2D eigenvalue weighted by molar-refractivity contribution is 5.25. The van der Waals surface area contributed by atoms with Crippen LogP contribution in [-0.2, 0) is 10.3 Å². The minimum absolute atomic E-state index is 0.0162.